The molecule has 5 nitrogen and oxygen atoms in total. The first-order chi connectivity index (χ1) is 7.77. The van der Waals surface area contributed by atoms with Crippen molar-refractivity contribution in [3.63, 3.8) is 0 Å². The molecule has 0 amide bonds. The number of nitrogens with zero attached hydrogens (tertiary/aromatic N) is 3. The summed E-state index contributed by atoms with van der Waals surface area (Å²) in [4.78, 5) is 10.8. The van der Waals surface area contributed by atoms with Gasteiger partial charge in [-0.3, -0.25) is 0 Å². The Morgan fingerprint density at radius 2 is 2.25 bits per heavy atom. The standard InChI is InChI=1S/C11H19N5/c1-3-4-9-10(15-12)13-7-14-11(9)16(2)8-5-6-8/h7-8H,3-6,12H2,1-2H3,(H,13,14,15). The molecule has 1 aromatic rings. The van der Waals surface area contributed by atoms with E-state index >= 15 is 0 Å². The summed E-state index contributed by atoms with van der Waals surface area (Å²) in [6.45, 7) is 2.15. The Hall–Kier alpha value is -1.36. The second-order valence-corrected chi connectivity index (χ2v) is 4.26. The zero-order valence-corrected chi connectivity index (χ0v) is 9.90. The molecular weight excluding hydrogens is 202 g/mol. The smallest absolute Gasteiger partial charge is 0.148 e. The van der Waals surface area contributed by atoms with E-state index in [1.165, 1.54) is 12.8 Å². The van der Waals surface area contributed by atoms with Crippen molar-refractivity contribution in [3.05, 3.63) is 11.9 Å². The Bertz CT molecular complexity index is 361. The minimum atomic E-state index is 0.649. The quantitative estimate of drug-likeness (QED) is 0.579. The number of hydrogen-bond acceptors (Lipinski definition) is 5. The average molecular weight is 221 g/mol. The van der Waals surface area contributed by atoms with E-state index in [1.54, 1.807) is 6.33 Å². The van der Waals surface area contributed by atoms with Crippen molar-refractivity contribution in [3.8, 4) is 0 Å². The Morgan fingerprint density at radius 3 is 2.81 bits per heavy atom. The molecule has 1 heterocycles. The van der Waals surface area contributed by atoms with Gasteiger partial charge in [0.25, 0.3) is 0 Å². The summed E-state index contributed by atoms with van der Waals surface area (Å²) in [6.07, 6.45) is 6.11. The van der Waals surface area contributed by atoms with E-state index in [1.807, 2.05) is 0 Å². The van der Waals surface area contributed by atoms with Crippen molar-refractivity contribution in [1.29, 1.82) is 0 Å². The molecular formula is C11H19N5. The summed E-state index contributed by atoms with van der Waals surface area (Å²) in [5.74, 6) is 7.25. The molecule has 0 radical (unpaired) electrons. The molecule has 0 bridgehead atoms. The van der Waals surface area contributed by atoms with Crippen LogP contribution in [0.1, 0.15) is 31.7 Å². The molecule has 0 spiro atoms. The van der Waals surface area contributed by atoms with Gasteiger partial charge >= 0.3 is 0 Å². The maximum Gasteiger partial charge on any atom is 0.148 e. The highest BCUT2D eigenvalue weighted by atomic mass is 15.3. The fraction of sp³-hybridized carbons (Fsp3) is 0.636. The summed E-state index contributed by atoms with van der Waals surface area (Å²) in [5, 5.41) is 0. The molecule has 0 saturated heterocycles. The van der Waals surface area contributed by atoms with Crippen LogP contribution in [0.2, 0.25) is 0 Å². The molecule has 3 N–H and O–H groups in total. The first-order valence-electron chi connectivity index (χ1n) is 5.81. The first kappa shape index (κ1) is 11.1. The second kappa shape index (κ2) is 4.65. The van der Waals surface area contributed by atoms with Crippen LogP contribution in [-0.4, -0.2) is 23.1 Å². The molecule has 1 aliphatic rings. The number of hydrogen-bond donors (Lipinski definition) is 2. The normalized spacial score (nSPS) is 14.9. The summed E-state index contributed by atoms with van der Waals surface area (Å²) in [6, 6.07) is 0.649. The number of nitrogens with two attached hydrogens (primary N) is 1. The predicted octanol–water partition coefficient (Wildman–Crippen LogP) is 1.31. The number of nitrogen functional groups attached to an aromatic ring is 1. The van der Waals surface area contributed by atoms with Gasteiger partial charge in [-0.2, -0.15) is 0 Å². The largest absolute Gasteiger partial charge is 0.356 e. The van der Waals surface area contributed by atoms with Crippen LogP contribution in [0.4, 0.5) is 11.6 Å². The van der Waals surface area contributed by atoms with Crippen LogP contribution < -0.4 is 16.2 Å². The van der Waals surface area contributed by atoms with E-state index in [0.29, 0.717) is 6.04 Å². The lowest BCUT2D eigenvalue weighted by molar-refractivity contribution is 0.839. The highest BCUT2D eigenvalue weighted by molar-refractivity contribution is 5.59. The van der Waals surface area contributed by atoms with Crippen LogP contribution in [0.15, 0.2) is 6.33 Å². The van der Waals surface area contributed by atoms with Crippen molar-refractivity contribution < 1.29 is 0 Å². The SMILES string of the molecule is CCCc1c(NN)ncnc1N(C)C1CC1. The number of rotatable bonds is 5. The number of anilines is 2. The summed E-state index contributed by atoms with van der Waals surface area (Å²) in [5.41, 5.74) is 3.78. The lowest BCUT2D eigenvalue weighted by Gasteiger charge is -2.21. The Balaban J connectivity index is 2.33. The Kier molecular flexibility index (Phi) is 3.24. The lowest BCUT2D eigenvalue weighted by atomic mass is 10.1. The van der Waals surface area contributed by atoms with E-state index < -0.39 is 0 Å². The van der Waals surface area contributed by atoms with Crippen LogP contribution in [0.5, 0.6) is 0 Å². The molecule has 0 aliphatic heterocycles. The maximum atomic E-state index is 5.48. The number of hydrazine groups is 1. The number of nitrogens with one attached hydrogen (secondary N) is 1. The topological polar surface area (TPSA) is 67.1 Å². The molecule has 88 valence electrons. The third-order valence-corrected chi connectivity index (χ3v) is 2.99. The maximum absolute atomic E-state index is 5.48. The van der Waals surface area contributed by atoms with Crippen LogP contribution in [0.25, 0.3) is 0 Å². The molecule has 0 unspecified atom stereocenters. The zero-order chi connectivity index (χ0) is 11.5. The van der Waals surface area contributed by atoms with Gasteiger partial charge in [-0.15, -0.1) is 0 Å². The van der Waals surface area contributed by atoms with Crippen molar-refractivity contribution in [1.82, 2.24) is 9.97 Å². The highest BCUT2D eigenvalue weighted by Crippen LogP contribution is 2.32. The van der Waals surface area contributed by atoms with Crippen LogP contribution in [-0.2, 0) is 6.42 Å². The van der Waals surface area contributed by atoms with Gasteiger partial charge in [0.15, 0.2) is 0 Å². The second-order valence-electron chi connectivity index (χ2n) is 4.26. The van der Waals surface area contributed by atoms with Gasteiger partial charge < -0.3 is 10.3 Å². The third-order valence-electron chi connectivity index (χ3n) is 2.99. The van der Waals surface area contributed by atoms with Gasteiger partial charge in [-0.1, -0.05) is 13.3 Å². The average Bonchev–Trinajstić information content (AvgIpc) is 3.13. The van der Waals surface area contributed by atoms with Crippen LogP contribution in [0.3, 0.4) is 0 Å². The molecule has 1 fully saturated rings. The van der Waals surface area contributed by atoms with E-state index in [9.17, 15) is 0 Å². The summed E-state index contributed by atoms with van der Waals surface area (Å²) >= 11 is 0. The minimum absolute atomic E-state index is 0.649. The van der Waals surface area contributed by atoms with E-state index in [-0.39, 0.29) is 0 Å². The zero-order valence-electron chi connectivity index (χ0n) is 9.90. The van der Waals surface area contributed by atoms with Crippen molar-refractivity contribution >= 4 is 11.6 Å². The van der Waals surface area contributed by atoms with E-state index in [2.05, 4.69) is 34.3 Å². The van der Waals surface area contributed by atoms with Gasteiger partial charge in [0, 0.05) is 18.7 Å². The van der Waals surface area contributed by atoms with Crippen molar-refractivity contribution in [2.75, 3.05) is 17.4 Å². The fourth-order valence-corrected chi connectivity index (χ4v) is 1.95. The third kappa shape index (κ3) is 2.09. The highest BCUT2D eigenvalue weighted by Gasteiger charge is 2.29. The molecule has 5 heteroatoms. The summed E-state index contributed by atoms with van der Waals surface area (Å²) in [7, 11) is 2.10. The van der Waals surface area contributed by atoms with E-state index in [4.69, 9.17) is 5.84 Å². The molecule has 1 aromatic heterocycles. The fourth-order valence-electron chi connectivity index (χ4n) is 1.95. The molecule has 16 heavy (non-hydrogen) atoms. The molecule has 2 rings (SSSR count). The van der Waals surface area contributed by atoms with Gasteiger partial charge in [-0.25, -0.2) is 15.8 Å². The van der Waals surface area contributed by atoms with Gasteiger partial charge in [0.05, 0.1) is 0 Å². The predicted molar refractivity (Wildman–Crippen MR) is 65.3 cm³/mol. The van der Waals surface area contributed by atoms with Gasteiger partial charge in [-0.05, 0) is 19.3 Å². The van der Waals surface area contributed by atoms with Crippen LogP contribution in [0, 0.1) is 0 Å². The summed E-state index contributed by atoms with van der Waals surface area (Å²) < 4.78 is 0. The molecule has 0 atom stereocenters. The van der Waals surface area contributed by atoms with Crippen LogP contribution >= 0.6 is 0 Å². The molecule has 0 aromatic carbocycles. The van der Waals surface area contributed by atoms with E-state index in [0.717, 1.165) is 30.0 Å². The minimum Gasteiger partial charge on any atom is -0.356 e. The Morgan fingerprint density at radius 1 is 1.50 bits per heavy atom. The van der Waals surface area contributed by atoms with Crippen molar-refractivity contribution in [2.45, 2.75) is 38.6 Å². The van der Waals surface area contributed by atoms with Crippen molar-refractivity contribution in [2.24, 2.45) is 5.84 Å². The lowest BCUT2D eigenvalue weighted by Crippen LogP contribution is -2.24. The first-order valence-corrected chi connectivity index (χ1v) is 5.81. The van der Waals surface area contributed by atoms with Gasteiger partial charge in [0.1, 0.15) is 18.0 Å². The molecule has 1 aliphatic carbocycles. The van der Waals surface area contributed by atoms with Gasteiger partial charge in [0.2, 0.25) is 0 Å². The monoisotopic (exact) mass is 221 g/mol. The molecule has 1 saturated carbocycles. The number of aromatic nitrogens is 2. The Labute approximate surface area is 96.0 Å².